The zero-order valence-electron chi connectivity index (χ0n) is 16.5. The van der Waals surface area contributed by atoms with Gasteiger partial charge in [-0.2, -0.15) is 4.98 Å². The summed E-state index contributed by atoms with van der Waals surface area (Å²) >= 11 is 0. The van der Waals surface area contributed by atoms with E-state index < -0.39 is 11.6 Å². The van der Waals surface area contributed by atoms with E-state index in [0.717, 1.165) is 21.2 Å². The van der Waals surface area contributed by atoms with Crippen LogP contribution in [-0.4, -0.2) is 33.6 Å². The monoisotopic (exact) mass is 394 g/mol. The van der Waals surface area contributed by atoms with Crippen LogP contribution in [-0.2, 0) is 21.6 Å². The summed E-state index contributed by atoms with van der Waals surface area (Å²) < 4.78 is 10.7. The molecule has 1 aromatic heterocycles. The number of hydrogen-bond donors (Lipinski definition) is 1. The summed E-state index contributed by atoms with van der Waals surface area (Å²) in [5, 5.41) is 8.63. The van der Waals surface area contributed by atoms with Gasteiger partial charge >= 0.3 is 6.03 Å². The maximum Gasteiger partial charge on any atom is 0.325 e. The van der Waals surface area contributed by atoms with Gasteiger partial charge in [0.1, 0.15) is 18.2 Å². The summed E-state index contributed by atoms with van der Waals surface area (Å²) in [5.74, 6) is 0.194. The molecule has 1 N–H and O–H groups in total. The molecule has 3 amide bonds. The zero-order valence-corrected chi connectivity index (χ0v) is 16.5. The van der Waals surface area contributed by atoms with Crippen LogP contribution in [0.5, 0.6) is 0 Å². The van der Waals surface area contributed by atoms with Gasteiger partial charge in [-0.15, -0.1) is 0 Å². The molecule has 1 saturated heterocycles. The Balaban J connectivity index is 1.62. The van der Waals surface area contributed by atoms with Crippen LogP contribution in [0.25, 0.3) is 10.8 Å². The van der Waals surface area contributed by atoms with Crippen LogP contribution in [0.4, 0.5) is 4.79 Å². The number of fused-ring (bicyclic) bond motifs is 1. The highest BCUT2D eigenvalue weighted by atomic mass is 16.5. The molecule has 0 saturated carbocycles. The van der Waals surface area contributed by atoms with E-state index in [-0.39, 0.29) is 24.4 Å². The first kappa shape index (κ1) is 19.1. The van der Waals surface area contributed by atoms with Gasteiger partial charge in [0.25, 0.3) is 5.91 Å². The van der Waals surface area contributed by atoms with Gasteiger partial charge in [-0.1, -0.05) is 47.6 Å². The van der Waals surface area contributed by atoms with E-state index in [1.165, 1.54) is 0 Å². The summed E-state index contributed by atoms with van der Waals surface area (Å²) in [4.78, 5) is 31.3. The Bertz CT molecular complexity index is 1070. The molecule has 8 heteroatoms. The molecule has 3 aromatic rings. The number of hydrogen-bond acceptors (Lipinski definition) is 6. The van der Waals surface area contributed by atoms with Crippen molar-refractivity contribution in [2.24, 2.45) is 0 Å². The SMILES string of the molecule is CCO[C@@H](C)c1noc(CN2C(=O)N[C@](C)(c3cccc4ccccc34)C2=O)n1. The number of nitrogens with zero attached hydrogens (tertiary/aromatic N) is 3. The molecule has 2 aromatic carbocycles. The minimum Gasteiger partial charge on any atom is -0.371 e. The smallest absolute Gasteiger partial charge is 0.325 e. The predicted molar refractivity (Wildman–Crippen MR) is 105 cm³/mol. The van der Waals surface area contributed by atoms with E-state index in [2.05, 4.69) is 15.5 Å². The second-order valence-electron chi connectivity index (χ2n) is 7.12. The van der Waals surface area contributed by atoms with E-state index in [4.69, 9.17) is 9.26 Å². The van der Waals surface area contributed by atoms with Crippen molar-refractivity contribution in [1.82, 2.24) is 20.4 Å². The Morgan fingerprint density at radius 2 is 1.97 bits per heavy atom. The highest BCUT2D eigenvalue weighted by molar-refractivity contribution is 6.09. The molecular weight excluding hydrogens is 372 g/mol. The number of carbonyl (C=O) groups excluding carboxylic acids is 2. The van der Waals surface area contributed by atoms with E-state index in [1.54, 1.807) is 6.92 Å². The highest BCUT2D eigenvalue weighted by Gasteiger charge is 2.50. The van der Waals surface area contributed by atoms with Gasteiger partial charge in [0.2, 0.25) is 5.89 Å². The van der Waals surface area contributed by atoms with Crippen molar-refractivity contribution >= 4 is 22.7 Å². The van der Waals surface area contributed by atoms with Crippen molar-refractivity contribution < 1.29 is 18.8 Å². The lowest BCUT2D eigenvalue weighted by atomic mass is 9.88. The number of rotatable bonds is 6. The van der Waals surface area contributed by atoms with Crippen molar-refractivity contribution in [3.63, 3.8) is 0 Å². The summed E-state index contributed by atoms with van der Waals surface area (Å²) in [6, 6.07) is 13.0. The average Bonchev–Trinajstić information content (AvgIpc) is 3.27. The van der Waals surface area contributed by atoms with Gasteiger partial charge in [-0.25, -0.2) is 4.79 Å². The molecule has 1 aliphatic rings. The molecule has 0 aliphatic carbocycles. The van der Waals surface area contributed by atoms with Gasteiger partial charge in [-0.05, 0) is 37.1 Å². The third-order valence-electron chi connectivity index (χ3n) is 5.16. The first-order chi connectivity index (χ1) is 13.9. The van der Waals surface area contributed by atoms with Crippen molar-refractivity contribution in [2.75, 3.05) is 6.61 Å². The standard InChI is InChI=1S/C21H22N4O4/c1-4-28-13(2)18-22-17(29-24-18)12-25-19(26)21(3,23-20(25)27)16-11-7-9-14-8-5-6-10-15(14)16/h5-11,13H,4,12H2,1-3H3,(H,23,27)/t13-,21+/m0/s1. The third-order valence-corrected chi connectivity index (χ3v) is 5.16. The van der Waals surface area contributed by atoms with Gasteiger partial charge in [0.15, 0.2) is 5.82 Å². The number of imide groups is 1. The summed E-state index contributed by atoms with van der Waals surface area (Å²) in [6.07, 6.45) is -0.332. The molecule has 0 unspecified atom stereocenters. The fourth-order valence-electron chi connectivity index (χ4n) is 3.64. The fraction of sp³-hybridized carbons (Fsp3) is 0.333. The molecule has 1 fully saturated rings. The van der Waals surface area contributed by atoms with E-state index >= 15 is 0 Å². The largest absolute Gasteiger partial charge is 0.371 e. The molecule has 0 radical (unpaired) electrons. The Morgan fingerprint density at radius 3 is 2.76 bits per heavy atom. The minimum atomic E-state index is -1.18. The lowest BCUT2D eigenvalue weighted by molar-refractivity contribution is -0.131. The molecule has 150 valence electrons. The number of urea groups is 1. The fourth-order valence-corrected chi connectivity index (χ4v) is 3.64. The van der Waals surface area contributed by atoms with Crippen LogP contribution in [0, 0.1) is 0 Å². The quantitative estimate of drug-likeness (QED) is 0.645. The normalized spacial score (nSPS) is 20.3. The maximum atomic E-state index is 13.3. The Hall–Kier alpha value is -3.26. The van der Waals surface area contributed by atoms with Crippen LogP contribution in [0.1, 0.15) is 44.2 Å². The molecule has 2 atom stereocenters. The number of nitrogens with one attached hydrogen (secondary N) is 1. The number of amides is 3. The maximum absolute atomic E-state index is 13.3. The van der Waals surface area contributed by atoms with Crippen molar-refractivity contribution in [1.29, 1.82) is 0 Å². The lowest BCUT2D eigenvalue weighted by Gasteiger charge is -2.23. The minimum absolute atomic E-state index is 0.100. The number of benzene rings is 2. The van der Waals surface area contributed by atoms with E-state index in [0.29, 0.717) is 12.4 Å². The summed E-state index contributed by atoms with van der Waals surface area (Å²) in [6.45, 7) is 5.81. The molecule has 4 rings (SSSR count). The van der Waals surface area contributed by atoms with Crippen LogP contribution in [0.15, 0.2) is 47.0 Å². The number of carbonyl (C=O) groups is 2. The van der Waals surface area contributed by atoms with Gasteiger partial charge in [0, 0.05) is 6.61 Å². The van der Waals surface area contributed by atoms with Crippen molar-refractivity contribution in [3.05, 3.63) is 59.7 Å². The summed E-state index contributed by atoms with van der Waals surface area (Å²) in [7, 11) is 0. The molecular formula is C21H22N4O4. The first-order valence-electron chi connectivity index (χ1n) is 9.50. The van der Waals surface area contributed by atoms with E-state index in [1.807, 2.05) is 56.3 Å². The van der Waals surface area contributed by atoms with Gasteiger partial charge < -0.3 is 14.6 Å². The van der Waals surface area contributed by atoms with Crippen LogP contribution >= 0.6 is 0 Å². The zero-order chi connectivity index (χ0) is 20.6. The molecule has 0 bridgehead atoms. The van der Waals surface area contributed by atoms with Crippen molar-refractivity contribution in [2.45, 2.75) is 39.0 Å². The molecule has 0 spiro atoms. The topological polar surface area (TPSA) is 97.6 Å². The third kappa shape index (κ3) is 3.25. The van der Waals surface area contributed by atoms with Crippen LogP contribution < -0.4 is 5.32 Å². The molecule has 1 aliphatic heterocycles. The second-order valence-corrected chi connectivity index (χ2v) is 7.12. The van der Waals surface area contributed by atoms with Crippen LogP contribution in [0.2, 0.25) is 0 Å². The first-order valence-corrected chi connectivity index (χ1v) is 9.50. The second kappa shape index (κ2) is 7.29. The average molecular weight is 394 g/mol. The summed E-state index contributed by atoms with van der Waals surface area (Å²) in [5.41, 5.74) is -0.438. The highest BCUT2D eigenvalue weighted by Crippen LogP contribution is 2.34. The molecule has 8 nitrogen and oxygen atoms in total. The molecule has 2 heterocycles. The number of aromatic nitrogens is 2. The molecule has 29 heavy (non-hydrogen) atoms. The van der Waals surface area contributed by atoms with E-state index in [9.17, 15) is 9.59 Å². The van der Waals surface area contributed by atoms with Gasteiger partial charge in [0.05, 0.1) is 0 Å². The number of ether oxygens (including phenoxy) is 1. The van der Waals surface area contributed by atoms with Crippen molar-refractivity contribution in [3.8, 4) is 0 Å². The Labute approximate surface area is 167 Å². The Kier molecular flexibility index (Phi) is 4.79. The Morgan fingerprint density at radius 1 is 1.21 bits per heavy atom. The lowest BCUT2D eigenvalue weighted by Crippen LogP contribution is -2.41. The van der Waals surface area contributed by atoms with Crippen LogP contribution in [0.3, 0.4) is 0 Å². The van der Waals surface area contributed by atoms with Gasteiger partial charge in [-0.3, -0.25) is 9.69 Å². The predicted octanol–water partition coefficient (Wildman–Crippen LogP) is 3.29.